The first-order valence-corrected chi connectivity index (χ1v) is 8.32. The summed E-state index contributed by atoms with van der Waals surface area (Å²) in [6.07, 6.45) is 3.04. The van der Waals surface area contributed by atoms with E-state index in [-0.39, 0.29) is 16.1 Å². The molecule has 1 fully saturated rings. The molecule has 5 nitrogen and oxygen atoms in total. The number of hydrogen-bond acceptors (Lipinski definition) is 4. The molecule has 0 aliphatic heterocycles. The van der Waals surface area contributed by atoms with Gasteiger partial charge in [0.1, 0.15) is 5.82 Å². The van der Waals surface area contributed by atoms with Gasteiger partial charge in [-0.1, -0.05) is 0 Å². The number of rotatable bonds is 5. The van der Waals surface area contributed by atoms with Crippen molar-refractivity contribution in [2.75, 3.05) is 33.4 Å². The molecule has 0 unspecified atom stereocenters. The van der Waals surface area contributed by atoms with Gasteiger partial charge in [-0.3, -0.25) is 0 Å². The van der Waals surface area contributed by atoms with Crippen LogP contribution in [0.3, 0.4) is 0 Å². The Balaban J connectivity index is 2.24. The van der Waals surface area contributed by atoms with Crippen LogP contribution in [0.15, 0.2) is 23.1 Å². The number of likely N-dealkylation sites (N-methyl/N-ethyl adjacent to an activating group) is 2. The van der Waals surface area contributed by atoms with E-state index in [4.69, 9.17) is 5.73 Å². The normalized spacial score (nSPS) is 18.0. The maximum atomic E-state index is 13.5. The van der Waals surface area contributed by atoms with E-state index in [1.807, 2.05) is 14.1 Å². The van der Waals surface area contributed by atoms with Crippen LogP contribution < -0.4 is 5.73 Å². The van der Waals surface area contributed by atoms with Crippen LogP contribution in [-0.2, 0) is 10.0 Å². The van der Waals surface area contributed by atoms with Crippen molar-refractivity contribution in [3.8, 4) is 0 Å². The van der Waals surface area contributed by atoms with Crippen molar-refractivity contribution in [1.82, 2.24) is 9.21 Å². The van der Waals surface area contributed by atoms with E-state index < -0.39 is 15.8 Å². The predicted molar refractivity (Wildman–Crippen MR) is 80.9 cm³/mol. The van der Waals surface area contributed by atoms with Gasteiger partial charge in [0.15, 0.2) is 0 Å². The molecule has 7 heteroatoms. The summed E-state index contributed by atoms with van der Waals surface area (Å²) in [6.45, 7) is 0.397. The zero-order chi connectivity index (χ0) is 15.8. The molecular formula is C14H22FN3O2S. The molecule has 0 heterocycles. The monoisotopic (exact) mass is 315 g/mol. The summed E-state index contributed by atoms with van der Waals surface area (Å²) in [7, 11) is 1.75. The molecule has 118 valence electrons. The molecule has 2 N–H and O–H groups in total. The maximum Gasteiger partial charge on any atom is 0.242 e. The number of halogens is 1. The molecular weight excluding hydrogens is 293 g/mol. The van der Waals surface area contributed by atoms with Crippen molar-refractivity contribution >= 4 is 15.7 Å². The quantitative estimate of drug-likeness (QED) is 0.837. The topological polar surface area (TPSA) is 66.6 Å². The highest BCUT2D eigenvalue weighted by Gasteiger charge is 2.42. The summed E-state index contributed by atoms with van der Waals surface area (Å²) in [6, 6.07) is 3.60. The molecule has 0 radical (unpaired) electrons. The van der Waals surface area contributed by atoms with Crippen LogP contribution in [0.2, 0.25) is 0 Å². The predicted octanol–water partition coefficient (Wildman–Crippen LogP) is 1.51. The Kier molecular flexibility index (Phi) is 4.28. The number of nitrogen functional groups attached to an aromatic ring is 1. The number of anilines is 1. The Bertz CT molecular complexity index is 627. The lowest BCUT2D eigenvalue weighted by atomic mass is 9.75. The molecule has 0 aromatic heterocycles. The summed E-state index contributed by atoms with van der Waals surface area (Å²) in [5, 5.41) is 0. The van der Waals surface area contributed by atoms with Gasteiger partial charge >= 0.3 is 0 Å². The van der Waals surface area contributed by atoms with Gasteiger partial charge < -0.3 is 10.6 Å². The molecule has 0 spiro atoms. The second-order valence-electron chi connectivity index (χ2n) is 5.92. The van der Waals surface area contributed by atoms with Gasteiger partial charge in [-0.2, -0.15) is 4.31 Å². The molecule has 2 rings (SSSR count). The molecule has 1 aliphatic rings. The number of nitrogens with two attached hydrogens (primary N) is 1. The number of sulfonamides is 1. The molecule has 0 bridgehead atoms. The van der Waals surface area contributed by atoms with Gasteiger partial charge in [0.05, 0.1) is 10.6 Å². The van der Waals surface area contributed by atoms with Crippen molar-refractivity contribution in [2.45, 2.75) is 29.7 Å². The van der Waals surface area contributed by atoms with Crippen molar-refractivity contribution in [2.24, 2.45) is 0 Å². The minimum absolute atomic E-state index is 0.0552. The summed E-state index contributed by atoms with van der Waals surface area (Å²) in [4.78, 5) is 2.01. The molecule has 21 heavy (non-hydrogen) atoms. The van der Waals surface area contributed by atoms with Crippen molar-refractivity contribution < 1.29 is 12.8 Å². The fraction of sp³-hybridized carbons (Fsp3) is 0.571. The third-order valence-electron chi connectivity index (χ3n) is 4.43. The third-order valence-corrected chi connectivity index (χ3v) is 6.23. The smallest absolute Gasteiger partial charge is 0.242 e. The highest BCUT2D eigenvalue weighted by molar-refractivity contribution is 7.89. The lowest BCUT2D eigenvalue weighted by Gasteiger charge is -2.48. The zero-order valence-electron chi connectivity index (χ0n) is 12.6. The first kappa shape index (κ1) is 16.2. The van der Waals surface area contributed by atoms with Crippen LogP contribution in [0.1, 0.15) is 19.3 Å². The van der Waals surface area contributed by atoms with E-state index in [0.717, 1.165) is 25.3 Å². The average Bonchev–Trinajstić information content (AvgIpc) is 2.36. The Labute approximate surface area is 125 Å². The van der Waals surface area contributed by atoms with E-state index in [0.29, 0.717) is 6.54 Å². The Morgan fingerprint density at radius 1 is 1.29 bits per heavy atom. The lowest BCUT2D eigenvalue weighted by Crippen LogP contribution is -2.57. The highest BCUT2D eigenvalue weighted by atomic mass is 32.2. The molecule has 0 atom stereocenters. The van der Waals surface area contributed by atoms with Gasteiger partial charge in [-0.15, -0.1) is 0 Å². The van der Waals surface area contributed by atoms with Crippen LogP contribution in [0.25, 0.3) is 0 Å². The van der Waals surface area contributed by atoms with Crippen molar-refractivity contribution in [1.29, 1.82) is 0 Å². The van der Waals surface area contributed by atoms with Crippen LogP contribution in [0, 0.1) is 5.82 Å². The number of hydrogen-bond donors (Lipinski definition) is 1. The van der Waals surface area contributed by atoms with Crippen molar-refractivity contribution in [3.63, 3.8) is 0 Å². The zero-order valence-corrected chi connectivity index (χ0v) is 13.5. The summed E-state index contributed by atoms with van der Waals surface area (Å²) in [5.74, 6) is -0.713. The van der Waals surface area contributed by atoms with E-state index in [2.05, 4.69) is 4.90 Å². The van der Waals surface area contributed by atoms with E-state index >= 15 is 0 Å². The standard InChI is InChI=1S/C14H22FN3O2S/c1-17(2)14(7-4-8-14)10-18(3)21(19,20)11-5-6-13(16)12(15)9-11/h5-6,9H,4,7-8,10,16H2,1-3H3. The summed E-state index contributed by atoms with van der Waals surface area (Å²) >= 11 is 0. The molecule has 1 aliphatic carbocycles. The highest BCUT2D eigenvalue weighted by Crippen LogP contribution is 2.37. The molecule has 1 saturated carbocycles. The van der Waals surface area contributed by atoms with Gasteiger partial charge in [0.25, 0.3) is 0 Å². The molecule has 0 saturated heterocycles. The summed E-state index contributed by atoms with van der Waals surface area (Å²) in [5.41, 5.74) is 5.22. The van der Waals surface area contributed by atoms with Crippen LogP contribution in [0.4, 0.5) is 10.1 Å². The van der Waals surface area contributed by atoms with Crippen molar-refractivity contribution in [3.05, 3.63) is 24.0 Å². The maximum absolute atomic E-state index is 13.5. The van der Waals surface area contributed by atoms with Gasteiger partial charge in [0, 0.05) is 19.1 Å². The number of nitrogens with zero attached hydrogens (tertiary/aromatic N) is 2. The molecule has 1 aromatic rings. The largest absolute Gasteiger partial charge is 0.396 e. The second kappa shape index (κ2) is 5.55. The first-order chi connectivity index (χ1) is 9.69. The van der Waals surface area contributed by atoms with Gasteiger partial charge in [-0.05, 0) is 51.6 Å². The fourth-order valence-electron chi connectivity index (χ4n) is 2.68. The summed E-state index contributed by atoms with van der Waals surface area (Å²) < 4.78 is 39.9. The lowest BCUT2D eigenvalue weighted by molar-refractivity contribution is 0.0455. The Hall–Kier alpha value is -1.18. The van der Waals surface area contributed by atoms with Crippen LogP contribution >= 0.6 is 0 Å². The fourth-order valence-corrected chi connectivity index (χ4v) is 3.94. The van der Waals surface area contributed by atoms with E-state index in [1.54, 1.807) is 0 Å². The van der Waals surface area contributed by atoms with Crippen LogP contribution in [-0.4, -0.2) is 50.8 Å². The van der Waals surface area contributed by atoms with Gasteiger partial charge in [0.2, 0.25) is 10.0 Å². The minimum Gasteiger partial charge on any atom is -0.396 e. The Morgan fingerprint density at radius 2 is 1.90 bits per heavy atom. The first-order valence-electron chi connectivity index (χ1n) is 6.88. The number of benzene rings is 1. The average molecular weight is 315 g/mol. The molecule has 1 aromatic carbocycles. The van der Waals surface area contributed by atoms with Crippen LogP contribution in [0.5, 0.6) is 0 Å². The minimum atomic E-state index is -3.71. The van der Waals surface area contributed by atoms with Gasteiger partial charge in [-0.25, -0.2) is 12.8 Å². The third kappa shape index (κ3) is 2.90. The van der Waals surface area contributed by atoms with E-state index in [9.17, 15) is 12.8 Å². The Morgan fingerprint density at radius 3 is 2.33 bits per heavy atom. The molecule has 0 amide bonds. The SMILES string of the molecule is CN(C)C1(CN(C)S(=O)(=O)c2ccc(N)c(F)c2)CCC1. The second-order valence-corrected chi connectivity index (χ2v) is 7.96. The van der Waals surface area contributed by atoms with E-state index in [1.165, 1.54) is 23.5 Å².